The second kappa shape index (κ2) is 4.46. The molecule has 1 aromatic heterocycles. The maximum Gasteiger partial charge on any atom is 0.235 e. The number of nitrogens with zero attached hydrogens (tertiary/aromatic N) is 4. The van der Waals surface area contributed by atoms with Crippen LogP contribution in [0.3, 0.4) is 0 Å². The average molecular weight is 215 g/mol. The second-order valence-electron chi connectivity index (χ2n) is 3.26. The Labute approximate surface area is 91.4 Å². The molecule has 1 heterocycles. The molecule has 0 saturated carbocycles. The van der Waals surface area contributed by atoms with E-state index in [1.807, 2.05) is 31.2 Å². The minimum Gasteiger partial charge on any atom is -0.211 e. The quantitative estimate of drug-likeness (QED) is 0.617. The highest BCUT2D eigenvalue weighted by Crippen LogP contribution is 2.21. The van der Waals surface area contributed by atoms with Crippen molar-refractivity contribution in [3.05, 3.63) is 29.8 Å². The van der Waals surface area contributed by atoms with E-state index in [-0.39, 0.29) is 6.04 Å². The molecule has 6 nitrogen and oxygen atoms in total. The van der Waals surface area contributed by atoms with E-state index in [1.54, 1.807) is 6.08 Å². The first-order valence-electron chi connectivity index (χ1n) is 4.72. The van der Waals surface area contributed by atoms with Crippen LogP contribution in [0.5, 0.6) is 0 Å². The fourth-order valence-corrected chi connectivity index (χ4v) is 1.38. The fourth-order valence-electron chi connectivity index (χ4n) is 1.38. The number of rotatable bonds is 3. The van der Waals surface area contributed by atoms with Gasteiger partial charge in [0.25, 0.3) is 0 Å². The number of hydrogen-bond donors (Lipinski definition) is 1. The molecule has 0 aliphatic heterocycles. The summed E-state index contributed by atoms with van der Waals surface area (Å²) >= 11 is 0. The largest absolute Gasteiger partial charge is 0.235 e. The van der Waals surface area contributed by atoms with Gasteiger partial charge in [-0.2, -0.15) is 10.2 Å². The number of tetrazole rings is 1. The van der Waals surface area contributed by atoms with Crippen LogP contribution in [-0.4, -0.2) is 26.7 Å². The van der Waals surface area contributed by atoms with Crippen LogP contribution in [-0.2, 0) is 4.79 Å². The number of carbonyl (C=O) groups excluding carboxylic acids is 1. The number of isocyanates is 1. The highest BCUT2D eigenvalue weighted by molar-refractivity contribution is 5.55. The first kappa shape index (κ1) is 10.2. The van der Waals surface area contributed by atoms with Crippen LogP contribution in [0.4, 0.5) is 0 Å². The van der Waals surface area contributed by atoms with Crippen molar-refractivity contribution < 1.29 is 4.79 Å². The van der Waals surface area contributed by atoms with E-state index >= 15 is 0 Å². The Morgan fingerprint density at radius 3 is 3.06 bits per heavy atom. The van der Waals surface area contributed by atoms with Gasteiger partial charge >= 0.3 is 0 Å². The molecule has 6 heteroatoms. The van der Waals surface area contributed by atoms with Gasteiger partial charge in [-0.3, -0.25) is 0 Å². The van der Waals surface area contributed by atoms with E-state index in [0.29, 0.717) is 5.82 Å². The van der Waals surface area contributed by atoms with Crippen LogP contribution >= 0.6 is 0 Å². The fraction of sp³-hybridized carbons (Fsp3) is 0.200. The summed E-state index contributed by atoms with van der Waals surface area (Å²) < 4.78 is 0. The zero-order chi connectivity index (χ0) is 11.4. The summed E-state index contributed by atoms with van der Waals surface area (Å²) in [5.74, 6) is 0.518. The Kier molecular flexibility index (Phi) is 2.84. The molecule has 2 rings (SSSR count). The highest BCUT2D eigenvalue weighted by atomic mass is 16.1. The zero-order valence-corrected chi connectivity index (χ0v) is 8.58. The third-order valence-electron chi connectivity index (χ3n) is 2.22. The first-order chi connectivity index (χ1) is 7.81. The highest BCUT2D eigenvalue weighted by Gasteiger charge is 2.07. The summed E-state index contributed by atoms with van der Waals surface area (Å²) in [4.78, 5) is 13.8. The zero-order valence-electron chi connectivity index (χ0n) is 8.58. The van der Waals surface area contributed by atoms with E-state index in [1.165, 1.54) is 0 Å². The Bertz CT molecular complexity index is 516. The number of hydrogen-bond acceptors (Lipinski definition) is 5. The van der Waals surface area contributed by atoms with Crippen LogP contribution in [0.25, 0.3) is 11.4 Å². The summed E-state index contributed by atoms with van der Waals surface area (Å²) in [5, 5.41) is 13.6. The van der Waals surface area contributed by atoms with Crippen molar-refractivity contribution in [2.75, 3.05) is 0 Å². The van der Waals surface area contributed by atoms with Crippen LogP contribution in [0, 0.1) is 0 Å². The van der Waals surface area contributed by atoms with Crippen molar-refractivity contribution in [1.82, 2.24) is 20.6 Å². The van der Waals surface area contributed by atoms with Gasteiger partial charge in [0.1, 0.15) is 0 Å². The third kappa shape index (κ3) is 2.02. The normalized spacial score (nSPS) is 11.8. The third-order valence-corrected chi connectivity index (χ3v) is 2.22. The summed E-state index contributed by atoms with van der Waals surface area (Å²) in [6.07, 6.45) is 1.55. The van der Waals surface area contributed by atoms with E-state index < -0.39 is 0 Å². The van der Waals surface area contributed by atoms with Gasteiger partial charge in [0, 0.05) is 5.56 Å². The molecule has 0 aliphatic rings. The van der Waals surface area contributed by atoms with Crippen molar-refractivity contribution in [3.63, 3.8) is 0 Å². The Morgan fingerprint density at radius 2 is 2.38 bits per heavy atom. The standard InChI is InChI=1S/C10H9N5O/c1-7(11-6-16)8-3-2-4-9(5-8)10-12-14-15-13-10/h2-5,7H,1H3,(H,12,13,14,15). The van der Waals surface area contributed by atoms with Crippen LogP contribution in [0.2, 0.25) is 0 Å². The number of H-pyrrole nitrogens is 1. The molecule has 1 unspecified atom stereocenters. The molecule has 0 saturated heterocycles. The van der Waals surface area contributed by atoms with Gasteiger partial charge < -0.3 is 0 Å². The lowest BCUT2D eigenvalue weighted by Gasteiger charge is -2.04. The molecule has 1 aromatic carbocycles. The molecule has 0 bridgehead atoms. The van der Waals surface area contributed by atoms with Gasteiger partial charge in [0.2, 0.25) is 11.9 Å². The van der Waals surface area contributed by atoms with Gasteiger partial charge in [0.15, 0.2) is 0 Å². The molecule has 2 aromatic rings. The van der Waals surface area contributed by atoms with Crippen LogP contribution in [0.15, 0.2) is 29.3 Å². The van der Waals surface area contributed by atoms with E-state index in [0.717, 1.165) is 11.1 Å². The molecule has 16 heavy (non-hydrogen) atoms. The van der Waals surface area contributed by atoms with Crippen molar-refractivity contribution in [2.45, 2.75) is 13.0 Å². The molecule has 0 fully saturated rings. The number of nitrogens with one attached hydrogen (secondary N) is 1. The van der Waals surface area contributed by atoms with Gasteiger partial charge in [-0.05, 0) is 23.8 Å². The summed E-state index contributed by atoms with van der Waals surface area (Å²) in [6.45, 7) is 1.82. The number of aliphatic imine (C=N–C) groups is 1. The smallest absolute Gasteiger partial charge is 0.211 e. The lowest BCUT2D eigenvalue weighted by Crippen LogP contribution is -1.90. The lowest BCUT2D eigenvalue weighted by atomic mass is 10.1. The molecular weight excluding hydrogens is 206 g/mol. The minimum atomic E-state index is -0.218. The van der Waals surface area contributed by atoms with E-state index in [9.17, 15) is 4.79 Å². The molecule has 0 radical (unpaired) electrons. The second-order valence-corrected chi connectivity index (χ2v) is 3.26. The SMILES string of the molecule is CC(N=C=O)c1cccc(-c2nn[nH]n2)c1. The monoisotopic (exact) mass is 215 g/mol. The minimum absolute atomic E-state index is 0.218. The molecule has 80 valence electrons. The molecular formula is C10H9N5O. The van der Waals surface area contributed by atoms with Gasteiger partial charge in [-0.1, -0.05) is 18.2 Å². The Morgan fingerprint density at radius 1 is 1.50 bits per heavy atom. The van der Waals surface area contributed by atoms with Gasteiger partial charge in [-0.25, -0.2) is 4.79 Å². The molecule has 0 spiro atoms. The summed E-state index contributed by atoms with van der Waals surface area (Å²) in [5.41, 5.74) is 1.74. The van der Waals surface area contributed by atoms with Gasteiger partial charge in [-0.15, -0.1) is 10.2 Å². The maximum atomic E-state index is 10.2. The molecule has 1 N–H and O–H groups in total. The summed E-state index contributed by atoms with van der Waals surface area (Å²) in [7, 11) is 0. The van der Waals surface area contributed by atoms with E-state index in [4.69, 9.17) is 0 Å². The topological polar surface area (TPSA) is 83.9 Å². The van der Waals surface area contributed by atoms with Crippen LogP contribution in [0.1, 0.15) is 18.5 Å². The molecule has 1 atom stereocenters. The van der Waals surface area contributed by atoms with Gasteiger partial charge in [0.05, 0.1) is 6.04 Å². The number of aromatic nitrogens is 4. The van der Waals surface area contributed by atoms with Crippen molar-refractivity contribution >= 4 is 6.08 Å². The predicted molar refractivity (Wildman–Crippen MR) is 56.2 cm³/mol. The first-order valence-corrected chi connectivity index (χ1v) is 4.72. The van der Waals surface area contributed by atoms with Crippen LogP contribution < -0.4 is 0 Å². The van der Waals surface area contributed by atoms with Crippen molar-refractivity contribution in [3.8, 4) is 11.4 Å². The number of aromatic amines is 1. The average Bonchev–Trinajstić information content (AvgIpc) is 2.83. The summed E-state index contributed by atoms with van der Waals surface area (Å²) in [6, 6.07) is 7.26. The maximum absolute atomic E-state index is 10.2. The Hall–Kier alpha value is -2.33. The van der Waals surface area contributed by atoms with E-state index in [2.05, 4.69) is 25.6 Å². The van der Waals surface area contributed by atoms with Crippen molar-refractivity contribution in [1.29, 1.82) is 0 Å². The molecule has 0 aliphatic carbocycles. The number of benzene rings is 1. The molecule has 0 amide bonds. The van der Waals surface area contributed by atoms with Crippen molar-refractivity contribution in [2.24, 2.45) is 4.99 Å². The lowest BCUT2D eigenvalue weighted by molar-refractivity contribution is 0.559. The predicted octanol–water partition coefficient (Wildman–Crippen LogP) is 1.26. The Balaban J connectivity index is 2.37.